The summed E-state index contributed by atoms with van der Waals surface area (Å²) in [4.78, 5) is 11.4. The second kappa shape index (κ2) is 3.05. The Morgan fingerprint density at radius 2 is 2.42 bits per heavy atom. The molecule has 0 aromatic heterocycles. The van der Waals surface area contributed by atoms with Crippen molar-refractivity contribution in [2.24, 2.45) is 17.8 Å². The molecule has 12 heavy (non-hydrogen) atoms. The van der Waals surface area contributed by atoms with Gasteiger partial charge in [0.1, 0.15) is 0 Å². The molecule has 1 heterocycles. The summed E-state index contributed by atoms with van der Waals surface area (Å²) in [6.07, 6.45) is 1.22. The van der Waals surface area contributed by atoms with Crippen LogP contribution in [0, 0.1) is 17.8 Å². The number of ether oxygens (including phenoxy) is 1. The zero-order valence-corrected chi connectivity index (χ0v) is 7.38. The van der Waals surface area contributed by atoms with Gasteiger partial charge in [-0.05, 0) is 31.7 Å². The Morgan fingerprint density at radius 3 is 3.17 bits per heavy atom. The van der Waals surface area contributed by atoms with Crippen LogP contribution in [0.1, 0.15) is 13.3 Å². The van der Waals surface area contributed by atoms with E-state index in [-0.39, 0.29) is 11.9 Å². The van der Waals surface area contributed by atoms with Gasteiger partial charge in [0.05, 0.1) is 12.5 Å². The van der Waals surface area contributed by atoms with Gasteiger partial charge >= 0.3 is 5.97 Å². The lowest BCUT2D eigenvalue weighted by atomic mass is 9.99. The van der Waals surface area contributed by atoms with E-state index in [0.717, 1.165) is 19.0 Å². The number of fused-ring (bicyclic) bond motifs is 1. The van der Waals surface area contributed by atoms with E-state index in [9.17, 15) is 4.79 Å². The average molecular weight is 169 g/mol. The highest BCUT2D eigenvalue weighted by Crippen LogP contribution is 2.46. The Balaban J connectivity index is 1.90. The first-order valence-electron chi connectivity index (χ1n) is 4.70. The highest BCUT2D eigenvalue weighted by atomic mass is 16.5. The van der Waals surface area contributed by atoms with Crippen molar-refractivity contribution in [2.45, 2.75) is 13.3 Å². The van der Waals surface area contributed by atoms with Gasteiger partial charge in [-0.2, -0.15) is 0 Å². The topological polar surface area (TPSA) is 38.3 Å². The lowest BCUT2D eigenvalue weighted by Gasteiger charge is -2.20. The van der Waals surface area contributed by atoms with Crippen molar-refractivity contribution in [1.82, 2.24) is 5.32 Å². The molecule has 3 atom stereocenters. The number of esters is 1. The van der Waals surface area contributed by atoms with Crippen LogP contribution in [0.5, 0.6) is 0 Å². The van der Waals surface area contributed by atoms with E-state index in [0.29, 0.717) is 12.5 Å². The number of piperidine rings is 1. The lowest BCUT2D eigenvalue weighted by molar-refractivity contribution is -0.149. The summed E-state index contributed by atoms with van der Waals surface area (Å²) in [5, 5.41) is 3.26. The number of rotatable bonds is 2. The van der Waals surface area contributed by atoms with Crippen LogP contribution in [0.15, 0.2) is 0 Å². The number of hydrogen-bond acceptors (Lipinski definition) is 3. The number of hydrogen-bond donors (Lipinski definition) is 1. The highest BCUT2D eigenvalue weighted by Gasteiger charge is 2.48. The van der Waals surface area contributed by atoms with Gasteiger partial charge in [0.25, 0.3) is 0 Å². The third-order valence-electron chi connectivity index (χ3n) is 2.85. The van der Waals surface area contributed by atoms with Crippen molar-refractivity contribution >= 4 is 5.97 Å². The molecule has 1 aliphatic carbocycles. The monoisotopic (exact) mass is 169 g/mol. The van der Waals surface area contributed by atoms with Gasteiger partial charge in [0.15, 0.2) is 0 Å². The lowest BCUT2D eigenvalue weighted by Crippen LogP contribution is -2.37. The molecule has 1 aliphatic heterocycles. The van der Waals surface area contributed by atoms with Gasteiger partial charge in [-0.3, -0.25) is 4.79 Å². The minimum absolute atomic E-state index is 0.00259. The zero-order chi connectivity index (χ0) is 8.55. The number of nitrogens with one attached hydrogen (secondary N) is 1. The van der Waals surface area contributed by atoms with Crippen molar-refractivity contribution in [3.8, 4) is 0 Å². The average Bonchev–Trinajstić information content (AvgIpc) is 2.81. The van der Waals surface area contributed by atoms with Crippen molar-refractivity contribution in [3.05, 3.63) is 0 Å². The van der Waals surface area contributed by atoms with E-state index in [2.05, 4.69) is 5.32 Å². The molecule has 2 fully saturated rings. The molecule has 3 nitrogen and oxygen atoms in total. The molecule has 1 saturated heterocycles. The van der Waals surface area contributed by atoms with Crippen LogP contribution in [0.4, 0.5) is 0 Å². The molecular formula is C9H15NO2. The molecule has 0 spiro atoms. The minimum Gasteiger partial charge on any atom is -0.466 e. The van der Waals surface area contributed by atoms with E-state index in [1.807, 2.05) is 6.92 Å². The van der Waals surface area contributed by atoms with Crippen molar-refractivity contribution in [3.63, 3.8) is 0 Å². The van der Waals surface area contributed by atoms with Crippen LogP contribution < -0.4 is 5.32 Å². The maximum absolute atomic E-state index is 11.4. The van der Waals surface area contributed by atoms with Crippen molar-refractivity contribution < 1.29 is 9.53 Å². The summed E-state index contributed by atoms with van der Waals surface area (Å²) in [5.41, 5.74) is 0. The smallest absolute Gasteiger partial charge is 0.310 e. The quantitative estimate of drug-likeness (QED) is 0.608. The maximum Gasteiger partial charge on any atom is 0.310 e. The number of carbonyl (C=O) groups is 1. The molecule has 0 radical (unpaired) electrons. The van der Waals surface area contributed by atoms with Gasteiger partial charge in [-0.1, -0.05) is 0 Å². The summed E-state index contributed by atoms with van der Waals surface area (Å²) in [6, 6.07) is 0. The van der Waals surface area contributed by atoms with E-state index in [1.54, 1.807) is 0 Å². The highest BCUT2D eigenvalue weighted by molar-refractivity contribution is 5.73. The Kier molecular flexibility index (Phi) is 2.05. The first-order valence-corrected chi connectivity index (χ1v) is 4.70. The zero-order valence-electron chi connectivity index (χ0n) is 7.38. The van der Waals surface area contributed by atoms with Crippen molar-refractivity contribution in [1.29, 1.82) is 0 Å². The molecular weight excluding hydrogens is 154 g/mol. The van der Waals surface area contributed by atoms with Crippen LogP contribution in [0.2, 0.25) is 0 Å². The van der Waals surface area contributed by atoms with E-state index >= 15 is 0 Å². The van der Waals surface area contributed by atoms with Crippen LogP contribution in [-0.2, 0) is 9.53 Å². The van der Waals surface area contributed by atoms with Gasteiger partial charge in [-0.25, -0.2) is 0 Å². The van der Waals surface area contributed by atoms with Crippen LogP contribution >= 0.6 is 0 Å². The fourth-order valence-corrected chi connectivity index (χ4v) is 2.08. The van der Waals surface area contributed by atoms with Crippen LogP contribution in [-0.4, -0.2) is 25.7 Å². The standard InChI is InChI=1S/C9H15NO2/c1-2-12-9(11)8-5-10-4-6-3-7(6)8/h6-8,10H,2-5H2,1H3/t6?,7-,8?/m0/s1. The summed E-state index contributed by atoms with van der Waals surface area (Å²) in [6.45, 7) is 4.28. The molecule has 0 amide bonds. The van der Waals surface area contributed by atoms with E-state index < -0.39 is 0 Å². The predicted octanol–water partition coefficient (Wildman–Crippen LogP) is 0.405. The Labute approximate surface area is 72.5 Å². The maximum atomic E-state index is 11.4. The molecule has 1 saturated carbocycles. The molecule has 68 valence electrons. The van der Waals surface area contributed by atoms with Gasteiger partial charge in [0.2, 0.25) is 0 Å². The van der Waals surface area contributed by atoms with Crippen molar-refractivity contribution in [2.75, 3.05) is 19.7 Å². The van der Waals surface area contributed by atoms with Crippen LogP contribution in [0.25, 0.3) is 0 Å². The fraction of sp³-hybridized carbons (Fsp3) is 0.889. The predicted molar refractivity (Wildman–Crippen MR) is 44.6 cm³/mol. The molecule has 2 aliphatic rings. The normalized spacial score (nSPS) is 38.6. The molecule has 0 bridgehead atoms. The first-order chi connectivity index (χ1) is 5.83. The number of carbonyl (C=O) groups excluding carboxylic acids is 1. The summed E-state index contributed by atoms with van der Waals surface area (Å²) in [7, 11) is 0. The van der Waals surface area contributed by atoms with E-state index in [1.165, 1.54) is 6.42 Å². The largest absolute Gasteiger partial charge is 0.466 e. The Morgan fingerprint density at radius 1 is 1.58 bits per heavy atom. The molecule has 3 heteroatoms. The molecule has 1 N–H and O–H groups in total. The summed E-state index contributed by atoms with van der Waals surface area (Å²) in [5.74, 6) is 1.53. The van der Waals surface area contributed by atoms with Gasteiger partial charge in [-0.15, -0.1) is 0 Å². The van der Waals surface area contributed by atoms with E-state index in [4.69, 9.17) is 4.74 Å². The van der Waals surface area contributed by atoms with Crippen LogP contribution in [0.3, 0.4) is 0 Å². The second-order valence-corrected chi connectivity index (χ2v) is 3.68. The molecule has 2 rings (SSSR count). The Bertz CT molecular complexity index is 193. The summed E-state index contributed by atoms with van der Waals surface area (Å²) >= 11 is 0. The minimum atomic E-state index is -0.00259. The third-order valence-corrected chi connectivity index (χ3v) is 2.85. The molecule has 0 aromatic rings. The molecule has 2 unspecified atom stereocenters. The SMILES string of the molecule is CCOC(=O)C1CNCC2C[C@@H]21. The van der Waals surface area contributed by atoms with Gasteiger partial charge < -0.3 is 10.1 Å². The fourth-order valence-electron chi connectivity index (χ4n) is 2.08. The molecule has 0 aromatic carbocycles. The second-order valence-electron chi connectivity index (χ2n) is 3.68. The van der Waals surface area contributed by atoms with Gasteiger partial charge in [0, 0.05) is 6.54 Å². The first kappa shape index (κ1) is 8.05. The Hall–Kier alpha value is -0.570. The summed E-state index contributed by atoms with van der Waals surface area (Å²) < 4.78 is 5.00. The third kappa shape index (κ3) is 1.33.